The zero-order valence-corrected chi connectivity index (χ0v) is 16.3. The van der Waals surface area contributed by atoms with Crippen LogP contribution in [0, 0.1) is 5.92 Å². The van der Waals surface area contributed by atoms with Gasteiger partial charge < -0.3 is 9.88 Å². The maximum Gasteiger partial charge on any atom is 0.233 e. The summed E-state index contributed by atoms with van der Waals surface area (Å²) in [6.07, 6.45) is 6.41. The van der Waals surface area contributed by atoms with Gasteiger partial charge in [0, 0.05) is 6.54 Å². The number of imidazole rings is 1. The van der Waals surface area contributed by atoms with Crippen molar-refractivity contribution >= 4 is 12.3 Å². The summed E-state index contributed by atoms with van der Waals surface area (Å²) in [7, 11) is 0. The number of nitrogens with zero attached hydrogens (tertiary/aromatic N) is 3. The first-order valence-electron chi connectivity index (χ1n) is 9.95. The smallest absolute Gasteiger partial charge is 0.233 e. The van der Waals surface area contributed by atoms with Crippen LogP contribution in [0.25, 0.3) is 11.3 Å². The van der Waals surface area contributed by atoms with Gasteiger partial charge in [0.15, 0.2) is 0 Å². The van der Waals surface area contributed by atoms with Crippen molar-refractivity contribution in [3.05, 3.63) is 42.4 Å². The number of carbonyl (C=O) groups excluding carboxylic acids is 2. The monoisotopic (exact) mass is 384 g/mol. The summed E-state index contributed by atoms with van der Waals surface area (Å²) in [5.41, 5.74) is 1.99. The molecule has 3 rings (SSSR count). The summed E-state index contributed by atoms with van der Waals surface area (Å²) < 4.78 is 0. The van der Waals surface area contributed by atoms with Crippen LogP contribution in [0.15, 0.2) is 36.5 Å². The molecule has 7 heteroatoms. The number of H-pyrrole nitrogens is 1. The van der Waals surface area contributed by atoms with Crippen LogP contribution in [0.5, 0.6) is 0 Å². The van der Waals surface area contributed by atoms with Gasteiger partial charge in [0.2, 0.25) is 12.3 Å². The Morgan fingerprint density at radius 2 is 2.21 bits per heavy atom. The van der Waals surface area contributed by atoms with Gasteiger partial charge in [0.05, 0.1) is 30.4 Å². The third kappa shape index (κ3) is 4.59. The van der Waals surface area contributed by atoms with E-state index in [-0.39, 0.29) is 18.5 Å². The second-order valence-electron chi connectivity index (χ2n) is 7.30. The molecule has 150 valence electrons. The van der Waals surface area contributed by atoms with Crippen molar-refractivity contribution in [3.8, 4) is 11.3 Å². The number of likely N-dealkylation sites (tertiary alicyclic amines) is 1. The van der Waals surface area contributed by atoms with Gasteiger partial charge in [-0.3, -0.25) is 14.8 Å². The minimum atomic E-state index is -0.403. The molecule has 7 nitrogen and oxygen atoms in total. The largest absolute Gasteiger partial charge is 0.340 e. The lowest BCUT2D eigenvalue weighted by Crippen LogP contribution is -2.40. The lowest BCUT2D eigenvalue weighted by molar-refractivity contribution is -0.157. The predicted molar refractivity (Wildman–Crippen MR) is 105 cm³/mol. The van der Waals surface area contributed by atoms with Crippen LogP contribution in [-0.2, 0) is 9.59 Å². The Bertz CT molecular complexity index is 777. The van der Waals surface area contributed by atoms with Gasteiger partial charge in [-0.2, -0.15) is 0 Å². The Morgan fingerprint density at radius 3 is 2.93 bits per heavy atom. The Balaban J connectivity index is 1.76. The highest BCUT2D eigenvalue weighted by molar-refractivity contribution is 5.80. The fourth-order valence-electron chi connectivity index (χ4n) is 3.83. The number of hydrogen-bond acceptors (Lipinski definition) is 4. The zero-order valence-electron chi connectivity index (χ0n) is 16.3. The highest BCUT2D eigenvalue weighted by atomic mass is 16.5. The molecule has 2 heterocycles. The third-order valence-electron chi connectivity index (χ3n) is 5.32. The average molecular weight is 384 g/mol. The molecule has 1 aromatic carbocycles. The topological polar surface area (TPSA) is 89.5 Å². The fourth-order valence-corrected chi connectivity index (χ4v) is 3.83. The number of amides is 2. The van der Waals surface area contributed by atoms with Gasteiger partial charge in [0.25, 0.3) is 0 Å². The average Bonchev–Trinajstić information content (AvgIpc) is 3.40. The molecule has 1 aromatic heterocycles. The van der Waals surface area contributed by atoms with E-state index in [2.05, 4.69) is 16.9 Å². The van der Waals surface area contributed by atoms with E-state index in [0.717, 1.165) is 42.8 Å². The summed E-state index contributed by atoms with van der Waals surface area (Å²) in [6.45, 7) is 2.75. The Labute approximate surface area is 165 Å². The number of rotatable bonds is 9. The van der Waals surface area contributed by atoms with Crippen LogP contribution in [0.4, 0.5) is 0 Å². The number of hydrogen-bond donors (Lipinski definition) is 2. The Hall–Kier alpha value is -2.67. The van der Waals surface area contributed by atoms with Crippen molar-refractivity contribution in [1.29, 1.82) is 0 Å². The molecule has 2 aromatic rings. The third-order valence-corrected chi connectivity index (χ3v) is 5.32. The van der Waals surface area contributed by atoms with Crippen LogP contribution in [0.1, 0.15) is 50.9 Å². The molecule has 2 atom stereocenters. The molecule has 0 spiro atoms. The summed E-state index contributed by atoms with van der Waals surface area (Å²) in [5.74, 6) is 0.365. The molecule has 1 aliphatic rings. The van der Waals surface area contributed by atoms with Crippen molar-refractivity contribution in [2.24, 2.45) is 5.92 Å². The minimum Gasteiger partial charge on any atom is -0.340 e. The van der Waals surface area contributed by atoms with Gasteiger partial charge in [-0.15, -0.1) is 0 Å². The predicted octanol–water partition coefficient (Wildman–Crippen LogP) is 3.39. The van der Waals surface area contributed by atoms with E-state index in [1.807, 2.05) is 41.4 Å². The number of benzene rings is 1. The SMILES string of the molecule is CCCC[C@H](CN(O)C=O)C(=O)N1CCC[C@H]1c1ncc(-c2ccccc2)[nH]1. The Kier molecular flexibility index (Phi) is 6.81. The second-order valence-corrected chi connectivity index (χ2v) is 7.30. The van der Waals surface area contributed by atoms with Gasteiger partial charge in [-0.25, -0.2) is 10.0 Å². The Morgan fingerprint density at radius 1 is 1.43 bits per heavy atom. The summed E-state index contributed by atoms with van der Waals surface area (Å²) in [5, 5.41) is 10.2. The molecule has 28 heavy (non-hydrogen) atoms. The van der Waals surface area contributed by atoms with E-state index >= 15 is 0 Å². The molecule has 0 aliphatic carbocycles. The van der Waals surface area contributed by atoms with Crippen LogP contribution < -0.4 is 0 Å². The summed E-state index contributed by atoms with van der Waals surface area (Å²) >= 11 is 0. The maximum absolute atomic E-state index is 13.2. The van der Waals surface area contributed by atoms with Crippen LogP contribution in [0.2, 0.25) is 0 Å². The lowest BCUT2D eigenvalue weighted by atomic mass is 9.99. The molecule has 1 saturated heterocycles. The molecule has 0 radical (unpaired) electrons. The molecule has 1 aliphatic heterocycles. The van der Waals surface area contributed by atoms with Gasteiger partial charge in [-0.1, -0.05) is 50.1 Å². The molecule has 0 bridgehead atoms. The first-order valence-corrected chi connectivity index (χ1v) is 9.95. The standard InChI is InChI=1S/C21H28N4O3/c1-2-3-8-17(14-24(28)15-26)21(27)25-12-7-11-19(25)20-22-13-18(23-20)16-9-5-4-6-10-16/h4-6,9-10,13,15,17,19,28H,2-3,7-8,11-12,14H2,1H3,(H,22,23)/t17-,19+/m1/s1. The van der Waals surface area contributed by atoms with Gasteiger partial charge in [0.1, 0.15) is 5.82 Å². The van der Waals surface area contributed by atoms with E-state index in [9.17, 15) is 14.8 Å². The molecular formula is C21H28N4O3. The van der Waals surface area contributed by atoms with Crippen molar-refractivity contribution < 1.29 is 14.8 Å². The summed E-state index contributed by atoms with van der Waals surface area (Å²) in [4.78, 5) is 33.8. The molecule has 2 amide bonds. The molecular weight excluding hydrogens is 356 g/mol. The van der Waals surface area contributed by atoms with Gasteiger partial charge >= 0.3 is 0 Å². The van der Waals surface area contributed by atoms with Crippen molar-refractivity contribution in [3.63, 3.8) is 0 Å². The second kappa shape index (κ2) is 9.50. The quantitative estimate of drug-likeness (QED) is 0.394. The number of nitrogens with one attached hydrogen (secondary N) is 1. The number of unbranched alkanes of at least 4 members (excludes halogenated alkanes) is 1. The van der Waals surface area contributed by atoms with Crippen LogP contribution >= 0.6 is 0 Å². The van der Waals surface area contributed by atoms with Crippen LogP contribution in [-0.4, -0.2) is 50.5 Å². The number of aromatic amines is 1. The first-order chi connectivity index (χ1) is 13.6. The van der Waals surface area contributed by atoms with E-state index in [4.69, 9.17) is 0 Å². The zero-order chi connectivity index (χ0) is 19.9. The van der Waals surface area contributed by atoms with E-state index in [0.29, 0.717) is 24.4 Å². The fraction of sp³-hybridized carbons (Fsp3) is 0.476. The van der Waals surface area contributed by atoms with Crippen molar-refractivity contribution in [1.82, 2.24) is 19.9 Å². The molecule has 1 fully saturated rings. The van der Waals surface area contributed by atoms with Gasteiger partial charge in [-0.05, 0) is 24.8 Å². The maximum atomic E-state index is 13.2. The molecule has 0 unspecified atom stereocenters. The first kappa shape index (κ1) is 20.1. The normalized spacial score (nSPS) is 17.5. The summed E-state index contributed by atoms with van der Waals surface area (Å²) in [6, 6.07) is 9.87. The number of hydroxylamine groups is 2. The van der Waals surface area contributed by atoms with E-state index in [1.54, 1.807) is 0 Å². The molecule has 2 N–H and O–H groups in total. The van der Waals surface area contributed by atoms with Crippen molar-refractivity contribution in [2.75, 3.05) is 13.1 Å². The lowest BCUT2D eigenvalue weighted by Gasteiger charge is -2.29. The van der Waals surface area contributed by atoms with E-state index < -0.39 is 5.92 Å². The van der Waals surface area contributed by atoms with Crippen LogP contribution in [0.3, 0.4) is 0 Å². The minimum absolute atomic E-state index is 0.0190. The number of carbonyl (C=O) groups is 2. The van der Waals surface area contributed by atoms with E-state index in [1.165, 1.54) is 0 Å². The van der Waals surface area contributed by atoms with Crippen molar-refractivity contribution in [2.45, 2.75) is 45.1 Å². The highest BCUT2D eigenvalue weighted by Gasteiger charge is 2.35. The number of aromatic nitrogens is 2. The highest BCUT2D eigenvalue weighted by Crippen LogP contribution is 2.33. The molecule has 0 saturated carbocycles.